The van der Waals surface area contributed by atoms with E-state index in [4.69, 9.17) is 4.74 Å². The van der Waals surface area contributed by atoms with E-state index >= 15 is 0 Å². The molecule has 2 atom stereocenters. The molecule has 5 heteroatoms. The van der Waals surface area contributed by atoms with Gasteiger partial charge in [0.25, 0.3) is 0 Å². The van der Waals surface area contributed by atoms with Crippen molar-refractivity contribution in [2.75, 3.05) is 38.7 Å². The summed E-state index contributed by atoms with van der Waals surface area (Å²) in [4.78, 5) is 6.89. The third-order valence-electron chi connectivity index (χ3n) is 3.93. The minimum Gasteiger partial charge on any atom is -0.383 e. The molecule has 0 spiro atoms. The van der Waals surface area contributed by atoms with Crippen LogP contribution in [0.15, 0.2) is 12.4 Å². The number of imidazole rings is 1. The highest BCUT2D eigenvalue weighted by Crippen LogP contribution is 2.19. The zero-order valence-corrected chi connectivity index (χ0v) is 14.3. The number of anilines is 1. The lowest BCUT2D eigenvalue weighted by molar-refractivity contribution is 0.190. The zero-order chi connectivity index (χ0) is 15.7. The number of aromatic nitrogens is 2. The van der Waals surface area contributed by atoms with E-state index in [9.17, 15) is 0 Å². The summed E-state index contributed by atoms with van der Waals surface area (Å²) in [6, 6.07) is 0.722. The summed E-state index contributed by atoms with van der Waals surface area (Å²) in [7, 11) is 1.72. The Bertz CT molecular complexity index is 376. The summed E-state index contributed by atoms with van der Waals surface area (Å²) in [5.74, 6) is 0.940. The normalized spacial score (nSPS) is 14.4. The predicted octanol–water partition coefficient (Wildman–Crippen LogP) is 3.01. The molecule has 2 unspecified atom stereocenters. The molecule has 0 saturated carbocycles. The molecule has 1 aromatic rings. The quantitative estimate of drug-likeness (QED) is 0.681. The van der Waals surface area contributed by atoms with Crippen molar-refractivity contribution in [1.29, 1.82) is 0 Å². The second-order valence-corrected chi connectivity index (χ2v) is 5.68. The SMILES string of the molecule is CCN(CC)CCCC(C)n1ccnc1NC(C)COC. The molecule has 0 aliphatic carbocycles. The number of hydrogen-bond donors (Lipinski definition) is 1. The summed E-state index contributed by atoms with van der Waals surface area (Å²) in [6.45, 7) is 12.9. The van der Waals surface area contributed by atoms with Gasteiger partial charge in [0, 0.05) is 31.6 Å². The molecule has 0 bridgehead atoms. The first-order valence-electron chi connectivity index (χ1n) is 8.12. The summed E-state index contributed by atoms with van der Waals surface area (Å²) >= 11 is 0. The molecule has 0 fully saturated rings. The maximum Gasteiger partial charge on any atom is 0.203 e. The molecule has 1 rings (SSSR count). The van der Waals surface area contributed by atoms with Crippen LogP contribution in [0.3, 0.4) is 0 Å². The average Bonchev–Trinajstić information content (AvgIpc) is 2.91. The topological polar surface area (TPSA) is 42.3 Å². The molecule has 21 heavy (non-hydrogen) atoms. The van der Waals surface area contributed by atoms with Gasteiger partial charge in [0.2, 0.25) is 5.95 Å². The van der Waals surface area contributed by atoms with Crippen LogP contribution in [-0.4, -0.2) is 53.8 Å². The van der Waals surface area contributed by atoms with Gasteiger partial charge < -0.3 is 19.5 Å². The molecule has 0 amide bonds. The van der Waals surface area contributed by atoms with Gasteiger partial charge >= 0.3 is 0 Å². The van der Waals surface area contributed by atoms with Crippen molar-refractivity contribution < 1.29 is 4.74 Å². The monoisotopic (exact) mass is 296 g/mol. The minimum atomic E-state index is 0.263. The van der Waals surface area contributed by atoms with Crippen molar-refractivity contribution in [2.24, 2.45) is 0 Å². The maximum atomic E-state index is 5.16. The van der Waals surface area contributed by atoms with E-state index in [1.807, 2.05) is 6.20 Å². The van der Waals surface area contributed by atoms with E-state index in [0.717, 1.165) is 19.0 Å². The van der Waals surface area contributed by atoms with Crippen LogP contribution >= 0.6 is 0 Å². The number of methoxy groups -OCH3 is 1. The van der Waals surface area contributed by atoms with Crippen LogP contribution < -0.4 is 5.32 Å². The molecule has 0 saturated heterocycles. The van der Waals surface area contributed by atoms with Crippen LogP contribution in [0.4, 0.5) is 5.95 Å². The van der Waals surface area contributed by atoms with E-state index < -0.39 is 0 Å². The standard InChI is InChI=1S/C16H32N4O/c1-6-19(7-2)11-8-9-15(4)20-12-10-17-16(20)18-14(3)13-21-5/h10,12,14-15H,6-9,11,13H2,1-5H3,(H,17,18). The summed E-state index contributed by atoms with van der Waals surface area (Å²) in [6.07, 6.45) is 6.31. The summed E-state index contributed by atoms with van der Waals surface area (Å²) in [5.41, 5.74) is 0. The Morgan fingerprint density at radius 3 is 2.67 bits per heavy atom. The highest BCUT2D eigenvalue weighted by Gasteiger charge is 2.12. The minimum absolute atomic E-state index is 0.263. The molecule has 122 valence electrons. The molecule has 1 N–H and O–H groups in total. The van der Waals surface area contributed by atoms with E-state index in [1.54, 1.807) is 7.11 Å². The van der Waals surface area contributed by atoms with Gasteiger partial charge in [0.15, 0.2) is 0 Å². The van der Waals surface area contributed by atoms with Gasteiger partial charge in [-0.15, -0.1) is 0 Å². The Hall–Kier alpha value is -1.07. The van der Waals surface area contributed by atoms with Gasteiger partial charge in [0.05, 0.1) is 6.61 Å². The molecule has 0 aliphatic heterocycles. The van der Waals surface area contributed by atoms with E-state index in [2.05, 4.69) is 53.7 Å². The Morgan fingerprint density at radius 1 is 1.33 bits per heavy atom. The Morgan fingerprint density at radius 2 is 2.05 bits per heavy atom. The van der Waals surface area contributed by atoms with Crippen LogP contribution in [0.2, 0.25) is 0 Å². The second-order valence-electron chi connectivity index (χ2n) is 5.68. The van der Waals surface area contributed by atoms with Crippen LogP contribution in [0.5, 0.6) is 0 Å². The molecule has 1 heterocycles. The van der Waals surface area contributed by atoms with Crippen molar-refractivity contribution >= 4 is 5.95 Å². The fourth-order valence-electron chi connectivity index (χ4n) is 2.58. The van der Waals surface area contributed by atoms with Gasteiger partial charge in [-0.05, 0) is 46.3 Å². The van der Waals surface area contributed by atoms with E-state index in [0.29, 0.717) is 12.6 Å². The number of nitrogens with one attached hydrogen (secondary N) is 1. The lowest BCUT2D eigenvalue weighted by atomic mass is 10.1. The lowest BCUT2D eigenvalue weighted by Gasteiger charge is -2.22. The number of nitrogens with zero attached hydrogens (tertiary/aromatic N) is 3. The molecular formula is C16H32N4O. The summed E-state index contributed by atoms with van der Waals surface area (Å²) in [5, 5.41) is 3.41. The largest absolute Gasteiger partial charge is 0.383 e. The van der Waals surface area contributed by atoms with Crippen molar-refractivity contribution in [3.05, 3.63) is 12.4 Å². The first kappa shape index (κ1) is 18.0. The average molecular weight is 296 g/mol. The Labute approximate surface area is 129 Å². The predicted molar refractivity (Wildman–Crippen MR) is 88.9 cm³/mol. The molecule has 5 nitrogen and oxygen atoms in total. The maximum absolute atomic E-state index is 5.16. The third-order valence-corrected chi connectivity index (χ3v) is 3.93. The van der Waals surface area contributed by atoms with Crippen LogP contribution in [0.1, 0.15) is 46.6 Å². The molecule has 1 aromatic heterocycles. The van der Waals surface area contributed by atoms with Gasteiger partial charge in [-0.1, -0.05) is 13.8 Å². The third kappa shape index (κ3) is 6.06. The molecule has 0 radical (unpaired) electrons. The molecule has 0 aromatic carbocycles. The molecular weight excluding hydrogens is 264 g/mol. The van der Waals surface area contributed by atoms with Gasteiger partial charge in [0.1, 0.15) is 0 Å². The van der Waals surface area contributed by atoms with Crippen LogP contribution in [-0.2, 0) is 4.74 Å². The summed E-state index contributed by atoms with van der Waals surface area (Å²) < 4.78 is 7.39. The van der Waals surface area contributed by atoms with Crippen molar-refractivity contribution in [3.8, 4) is 0 Å². The Balaban J connectivity index is 2.47. The number of hydrogen-bond acceptors (Lipinski definition) is 4. The highest BCUT2D eigenvalue weighted by molar-refractivity contribution is 5.28. The van der Waals surface area contributed by atoms with E-state index in [1.165, 1.54) is 19.4 Å². The second kappa shape index (κ2) is 9.79. The zero-order valence-electron chi connectivity index (χ0n) is 14.3. The van der Waals surface area contributed by atoms with Crippen molar-refractivity contribution in [2.45, 2.75) is 52.6 Å². The van der Waals surface area contributed by atoms with Gasteiger partial charge in [-0.25, -0.2) is 4.98 Å². The first-order chi connectivity index (χ1) is 10.1. The fraction of sp³-hybridized carbons (Fsp3) is 0.812. The number of rotatable bonds is 11. The smallest absolute Gasteiger partial charge is 0.203 e. The fourth-order valence-corrected chi connectivity index (χ4v) is 2.58. The lowest BCUT2D eigenvalue weighted by Crippen LogP contribution is -2.25. The van der Waals surface area contributed by atoms with E-state index in [-0.39, 0.29) is 6.04 Å². The van der Waals surface area contributed by atoms with Crippen molar-refractivity contribution in [3.63, 3.8) is 0 Å². The van der Waals surface area contributed by atoms with Crippen LogP contribution in [0, 0.1) is 0 Å². The van der Waals surface area contributed by atoms with Crippen LogP contribution in [0.25, 0.3) is 0 Å². The Kier molecular flexibility index (Phi) is 8.38. The van der Waals surface area contributed by atoms with Gasteiger partial charge in [-0.2, -0.15) is 0 Å². The highest BCUT2D eigenvalue weighted by atomic mass is 16.5. The van der Waals surface area contributed by atoms with Gasteiger partial charge in [-0.3, -0.25) is 0 Å². The first-order valence-corrected chi connectivity index (χ1v) is 8.12. The molecule has 0 aliphatic rings. The van der Waals surface area contributed by atoms with Crippen molar-refractivity contribution in [1.82, 2.24) is 14.5 Å². The number of ether oxygens (including phenoxy) is 1.